The number of carbonyl (C=O) groups is 1. The van der Waals surface area contributed by atoms with Crippen LogP contribution in [-0.4, -0.2) is 21.1 Å². The first-order chi connectivity index (χ1) is 8.97. The molecule has 0 fully saturated rings. The summed E-state index contributed by atoms with van der Waals surface area (Å²) in [6.45, 7) is 3.64. The van der Waals surface area contributed by atoms with E-state index in [9.17, 15) is 4.79 Å². The lowest BCUT2D eigenvalue weighted by molar-refractivity contribution is 0.102. The van der Waals surface area contributed by atoms with Gasteiger partial charge in [-0.3, -0.25) is 10.1 Å². The molecule has 1 aromatic heterocycles. The molecule has 5 nitrogen and oxygen atoms in total. The van der Waals surface area contributed by atoms with Gasteiger partial charge in [0.1, 0.15) is 0 Å². The first kappa shape index (κ1) is 14.3. The van der Waals surface area contributed by atoms with E-state index < -0.39 is 0 Å². The number of nitrogens with one attached hydrogen (secondary N) is 1. The van der Waals surface area contributed by atoms with Gasteiger partial charge in [0, 0.05) is 8.04 Å². The lowest BCUT2D eigenvalue weighted by Gasteiger charge is -2.06. The summed E-state index contributed by atoms with van der Waals surface area (Å²) in [4.78, 5) is 16.3. The Balaban J connectivity index is 2.25. The fraction of sp³-hybridized carbons (Fsp3) is 0.167. The van der Waals surface area contributed by atoms with E-state index in [0.717, 1.165) is 19.4 Å². The molecule has 2 rings (SSSR count). The van der Waals surface area contributed by atoms with Crippen molar-refractivity contribution in [2.24, 2.45) is 0 Å². The lowest BCUT2D eigenvalue weighted by Crippen LogP contribution is -2.16. The Hall–Kier alpha value is -1.09. The maximum absolute atomic E-state index is 12.1. The minimum Gasteiger partial charge on any atom is -0.289 e. The predicted molar refractivity (Wildman–Crippen MR) is 84.1 cm³/mol. The maximum Gasteiger partial charge on any atom is 0.259 e. The van der Waals surface area contributed by atoms with Crippen molar-refractivity contribution in [1.82, 2.24) is 15.2 Å². The topological polar surface area (TPSA) is 67.8 Å². The molecule has 0 aliphatic rings. The monoisotopic (exact) mass is 432 g/mol. The number of rotatable bonds is 2. The minimum atomic E-state index is -0.254. The van der Waals surface area contributed by atoms with Gasteiger partial charge in [0.2, 0.25) is 5.95 Å². The predicted octanol–water partition coefficient (Wildman–Crippen LogP) is 3.11. The number of aromatic nitrogens is 3. The Labute approximate surface area is 132 Å². The zero-order chi connectivity index (χ0) is 14.0. The molecule has 1 aromatic carbocycles. The molecule has 19 heavy (non-hydrogen) atoms. The Morgan fingerprint density at radius 2 is 2.00 bits per heavy atom. The maximum atomic E-state index is 12.1. The zero-order valence-electron chi connectivity index (χ0n) is 10.2. The highest BCUT2D eigenvalue weighted by molar-refractivity contribution is 14.1. The molecule has 7 heteroatoms. The van der Waals surface area contributed by atoms with Crippen molar-refractivity contribution in [3.05, 3.63) is 43.2 Å². The van der Waals surface area contributed by atoms with Crippen molar-refractivity contribution in [1.29, 1.82) is 0 Å². The first-order valence-corrected chi connectivity index (χ1v) is 7.29. The third-order valence-corrected chi connectivity index (χ3v) is 3.92. The quantitative estimate of drug-likeness (QED) is 0.740. The van der Waals surface area contributed by atoms with E-state index in [0.29, 0.717) is 5.56 Å². The molecule has 1 N–H and O–H groups in total. The molecule has 1 heterocycles. The van der Waals surface area contributed by atoms with E-state index in [4.69, 9.17) is 0 Å². The van der Waals surface area contributed by atoms with Gasteiger partial charge in [-0.25, -0.2) is 4.98 Å². The molecule has 98 valence electrons. The van der Waals surface area contributed by atoms with Crippen LogP contribution in [0.3, 0.4) is 0 Å². The van der Waals surface area contributed by atoms with Crippen molar-refractivity contribution in [3.63, 3.8) is 0 Å². The normalized spacial score (nSPS) is 10.3. The molecule has 0 aliphatic heterocycles. The highest BCUT2D eigenvalue weighted by atomic mass is 127. The average molecular weight is 433 g/mol. The number of anilines is 1. The highest BCUT2D eigenvalue weighted by Crippen LogP contribution is 2.19. The summed E-state index contributed by atoms with van der Waals surface area (Å²) >= 11 is 5.45. The van der Waals surface area contributed by atoms with Crippen LogP contribution in [0.1, 0.15) is 21.7 Å². The largest absolute Gasteiger partial charge is 0.289 e. The Kier molecular flexibility index (Phi) is 4.46. The number of hydrogen-bond donors (Lipinski definition) is 1. The minimum absolute atomic E-state index is 0.212. The van der Waals surface area contributed by atoms with Gasteiger partial charge in [-0.1, -0.05) is 15.9 Å². The third-order valence-electron chi connectivity index (χ3n) is 2.49. The fourth-order valence-electron chi connectivity index (χ4n) is 1.35. The van der Waals surface area contributed by atoms with Gasteiger partial charge in [-0.05, 0) is 54.6 Å². The summed E-state index contributed by atoms with van der Waals surface area (Å²) in [5.41, 5.74) is 2.06. The van der Waals surface area contributed by atoms with Crippen LogP contribution in [0.4, 0.5) is 5.95 Å². The van der Waals surface area contributed by atoms with E-state index in [2.05, 4.69) is 59.0 Å². The Bertz CT molecular complexity index is 648. The molecule has 0 bridgehead atoms. The third kappa shape index (κ3) is 3.47. The number of amides is 1. The molecule has 2 aromatic rings. The van der Waals surface area contributed by atoms with E-state index in [1.807, 2.05) is 26.0 Å². The second-order valence-electron chi connectivity index (χ2n) is 3.88. The molecule has 0 radical (unpaired) electrons. The second-order valence-corrected chi connectivity index (χ2v) is 5.96. The molecule has 0 aliphatic carbocycles. The van der Waals surface area contributed by atoms with Crippen LogP contribution in [0.15, 0.2) is 22.7 Å². The van der Waals surface area contributed by atoms with Crippen LogP contribution >= 0.6 is 38.5 Å². The molecular weight excluding hydrogens is 423 g/mol. The summed E-state index contributed by atoms with van der Waals surface area (Å²) in [7, 11) is 0. The van der Waals surface area contributed by atoms with Gasteiger partial charge in [-0.2, -0.15) is 5.10 Å². The molecule has 0 saturated carbocycles. The van der Waals surface area contributed by atoms with Crippen LogP contribution < -0.4 is 5.32 Å². The van der Waals surface area contributed by atoms with E-state index >= 15 is 0 Å². The zero-order valence-corrected chi connectivity index (χ0v) is 14.0. The number of carbonyl (C=O) groups excluding carboxylic acids is 1. The van der Waals surface area contributed by atoms with Gasteiger partial charge in [-0.15, -0.1) is 5.10 Å². The average Bonchev–Trinajstić information content (AvgIpc) is 2.36. The van der Waals surface area contributed by atoms with Crippen LogP contribution in [0.25, 0.3) is 0 Å². The number of nitrogens with zero attached hydrogens (tertiary/aromatic N) is 3. The number of benzene rings is 1. The van der Waals surface area contributed by atoms with Crippen molar-refractivity contribution in [3.8, 4) is 0 Å². The van der Waals surface area contributed by atoms with Crippen molar-refractivity contribution in [2.45, 2.75) is 13.8 Å². The molecule has 0 spiro atoms. The standard InChI is InChI=1S/C12H10BrIN4O/c1-6-7(2)17-18-12(15-6)16-11(19)9-5-8(13)3-4-10(9)14/h3-5H,1-2H3,(H,15,16,18,19). The second kappa shape index (κ2) is 5.91. The van der Waals surface area contributed by atoms with E-state index in [-0.39, 0.29) is 11.9 Å². The first-order valence-electron chi connectivity index (χ1n) is 5.41. The summed E-state index contributed by atoms with van der Waals surface area (Å²) in [6, 6.07) is 5.50. The van der Waals surface area contributed by atoms with Crippen LogP contribution in [0, 0.1) is 17.4 Å². The van der Waals surface area contributed by atoms with Crippen LogP contribution in [-0.2, 0) is 0 Å². The summed E-state index contributed by atoms with van der Waals surface area (Å²) < 4.78 is 1.70. The molecule has 1 amide bonds. The van der Waals surface area contributed by atoms with Gasteiger partial charge in [0.15, 0.2) is 0 Å². The lowest BCUT2D eigenvalue weighted by atomic mass is 10.2. The number of halogens is 2. The van der Waals surface area contributed by atoms with Crippen LogP contribution in [0.5, 0.6) is 0 Å². The van der Waals surface area contributed by atoms with Gasteiger partial charge >= 0.3 is 0 Å². The van der Waals surface area contributed by atoms with Crippen molar-refractivity contribution >= 4 is 50.4 Å². The summed E-state index contributed by atoms with van der Waals surface area (Å²) in [5, 5.41) is 10.4. The van der Waals surface area contributed by atoms with E-state index in [1.165, 1.54) is 0 Å². The van der Waals surface area contributed by atoms with E-state index in [1.54, 1.807) is 6.07 Å². The Morgan fingerprint density at radius 1 is 1.26 bits per heavy atom. The molecule has 0 atom stereocenters. The number of aryl methyl sites for hydroxylation is 2. The molecule has 0 saturated heterocycles. The summed E-state index contributed by atoms with van der Waals surface area (Å²) in [5.74, 6) is -0.0420. The fourth-order valence-corrected chi connectivity index (χ4v) is 2.29. The molecule has 0 unspecified atom stereocenters. The van der Waals surface area contributed by atoms with Crippen LogP contribution in [0.2, 0.25) is 0 Å². The van der Waals surface area contributed by atoms with Gasteiger partial charge < -0.3 is 0 Å². The number of hydrogen-bond acceptors (Lipinski definition) is 4. The summed E-state index contributed by atoms with van der Waals surface area (Å²) in [6.07, 6.45) is 0. The Morgan fingerprint density at radius 3 is 2.68 bits per heavy atom. The van der Waals surface area contributed by atoms with Gasteiger partial charge in [0.25, 0.3) is 5.91 Å². The van der Waals surface area contributed by atoms with Crippen molar-refractivity contribution < 1.29 is 4.79 Å². The smallest absolute Gasteiger partial charge is 0.259 e. The SMILES string of the molecule is Cc1nnc(NC(=O)c2cc(Br)ccc2I)nc1C. The highest BCUT2D eigenvalue weighted by Gasteiger charge is 2.12. The van der Waals surface area contributed by atoms with Gasteiger partial charge in [0.05, 0.1) is 17.0 Å². The molecular formula is C12H10BrIN4O. The van der Waals surface area contributed by atoms with Crippen molar-refractivity contribution in [2.75, 3.05) is 5.32 Å².